The van der Waals surface area contributed by atoms with E-state index in [1.165, 1.54) is 6.42 Å². The molecule has 19 heavy (non-hydrogen) atoms. The van der Waals surface area contributed by atoms with Gasteiger partial charge in [0.05, 0.1) is 22.5 Å². The van der Waals surface area contributed by atoms with Gasteiger partial charge in [-0.3, -0.25) is 4.68 Å². The van der Waals surface area contributed by atoms with E-state index in [9.17, 15) is 5.11 Å². The van der Waals surface area contributed by atoms with E-state index in [-0.39, 0.29) is 0 Å². The summed E-state index contributed by atoms with van der Waals surface area (Å²) in [6.45, 7) is 4.78. The number of nitrogens with zero attached hydrogens (tertiary/aromatic N) is 2. The average Bonchev–Trinajstić information content (AvgIpc) is 2.68. The van der Waals surface area contributed by atoms with E-state index < -0.39 is 11.7 Å². The number of ether oxygens (including phenoxy) is 1. The van der Waals surface area contributed by atoms with Gasteiger partial charge in [-0.25, -0.2) is 0 Å². The molecule has 0 aromatic carbocycles. The van der Waals surface area contributed by atoms with Crippen molar-refractivity contribution in [2.45, 2.75) is 51.2 Å². The molecule has 5 heteroatoms. The third-order valence-corrected chi connectivity index (χ3v) is 4.41. The largest absolute Gasteiger partial charge is 0.384 e. The molecule has 0 radical (unpaired) electrons. The first kappa shape index (κ1) is 14.8. The summed E-state index contributed by atoms with van der Waals surface area (Å²) in [6, 6.07) is 0. The smallest absolute Gasteiger partial charge is 0.126 e. The monoisotopic (exact) mass is 286 g/mol. The van der Waals surface area contributed by atoms with E-state index in [2.05, 4.69) is 12.0 Å². The predicted octanol–water partition coefficient (Wildman–Crippen LogP) is 3.09. The standard InChI is InChI=1S/C14H23ClN2O2/c1-4-19-14(7-5-6-10(2)8-14)13(18)12-11(15)9-16-17(12)3/h9-10,13,18H,4-8H2,1-3H3. The number of aryl methyl sites for hydroxylation is 1. The molecule has 2 rings (SSSR count). The molecule has 108 valence electrons. The topological polar surface area (TPSA) is 47.3 Å². The highest BCUT2D eigenvalue weighted by Gasteiger charge is 2.44. The molecule has 0 bridgehead atoms. The van der Waals surface area contributed by atoms with Crippen molar-refractivity contribution in [2.24, 2.45) is 13.0 Å². The van der Waals surface area contributed by atoms with Crippen molar-refractivity contribution in [1.29, 1.82) is 0 Å². The summed E-state index contributed by atoms with van der Waals surface area (Å²) in [4.78, 5) is 0. The maximum atomic E-state index is 10.8. The van der Waals surface area contributed by atoms with Crippen LogP contribution < -0.4 is 0 Å². The molecule has 0 amide bonds. The number of hydrogen-bond acceptors (Lipinski definition) is 3. The van der Waals surface area contributed by atoms with E-state index >= 15 is 0 Å². The van der Waals surface area contributed by atoms with Crippen LogP contribution in [0, 0.1) is 5.92 Å². The summed E-state index contributed by atoms with van der Waals surface area (Å²) < 4.78 is 7.63. The molecule has 1 aliphatic rings. The minimum atomic E-state index is -0.727. The van der Waals surface area contributed by atoms with E-state index in [1.807, 2.05) is 6.92 Å². The highest BCUT2D eigenvalue weighted by Crippen LogP contribution is 2.44. The molecule has 1 aliphatic carbocycles. The molecule has 4 nitrogen and oxygen atoms in total. The van der Waals surface area contributed by atoms with Crippen LogP contribution in [-0.2, 0) is 11.8 Å². The molecule has 1 aromatic rings. The Labute approximate surface area is 119 Å². The van der Waals surface area contributed by atoms with Gasteiger partial charge in [-0.15, -0.1) is 0 Å². The Hall–Kier alpha value is -0.580. The van der Waals surface area contributed by atoms with Crippen LogP contribution in [0.3, 0.4) is 0 Å². The van der Waals surface area contributed by atoms with Gasteiger partial charge in [0.1, 0.15) is 6.10 Å². The fraction of sp³-hybridized carbons (Fsp3) is 0.786. The number of hydrogen-bond donors (Lipinski definition) is 1. The third kappa shape index (κ3) is 2.81. The Morgan fingerprint density at radius 2 is 2.42 bits per heavy atom. The van der Waals surface area contributed by atoms with E-state index in [1.54, 1.807) is 17.9 Å². The van der Waals surface area contributed by atoms with E-state index in [4.69, 9.17) is 16.3 Å². The Morgan fingerprint density at radius 3 is 2.95 bits per heavy atom. The molecule has 0 aliphatic heterocycles. The summed E-state index contributed by atoms with van der Waals surface area (Å²) in [7, 11) is 1.80. The highest BCUT2D eigenvalue weighted by atomic mass is 35.5. The van der Waals surface area contributed by atoms with Crippen LogP contribution in [0.4, 0.5) is 0 Å². The molecular formula is C14H23ClN2O2. The second-order valence-electron chi connectivity index (χ2n) is 5.60. The lowest BCUT2D eigenvalue weighted by Crippen LogP contribution is -2.44. The van der Waals surface area contributed by atoms with E-state index in [0.717, 1.165) is 19.3 Å². The second kappa shape index (κ2) is 5.81. The van der Waals surface area contributed by atoms with Crippen molar-refractivity contribution in [3.63, 3.8) is 0 Å². The lowest BCUT2D eigenvalue weighted by atomic mass is 9.74. The molecule has 0 spiro atoms. The summed E-state index contributed by atoms with van der Waals surface area (Å²) >= 11 is 6.16. The fourth-order valence-electron chi connectivity index (χ4n) is 3.27. The van der Waals surface area contributed by atoms with Gasteiger partial charge in [-0.2, -0.15) is 5.10 Å². The zero-order valence-electron chi connectivity index (χ0n) is 11.9. The molecule has 1 heterocycles. The van der Waals surface area contributed by atoms with Crippen molar-refractivity contribution in [2.75, 3.05) is 6.61 Å². The van der Waals surface area contributed by atoms with Gasteiger partial charge < -0.3 is 9.84 Å². The van der Waals surface area contributed by atoms with Crippen molar-refractivity contribution in [3.05, 3.63) is 16.9 Å². The first-order chi connectivity index (χ1) is 9.00. The van der Waals surface area contributed by atoms with Crippen LogP contribution in [-0.4, -0.2) is 27.1 Å². The summed E-state index contributed by atoms with van der Waals surface area (Å²) in [6.07, 6.45) is 4.85. The Bertz CT molecular complexity index is 412. The number of halogens is 1. The Kier molecular flexibility index (Phi) is 4.54. The Morgan fingerprint density at radius 1 is 1.68 bits per heavy atom. The zero-order valence-corrected chi connectivity index (χ0v) is 12.7. The lowest BCUT2D eigenvalue weighted by molar-refractivity contribution is -0.152. The molecule has 1 saturated carbocycles. The average molecular weight is 287 g/mol. The summed E-state index contributed by atoms with van der Waals surface area (Å²) in [5.41, 5.74) is 0.133. The SMILES string of the molecule is CCOC1(C(O)c2c(Cl)cnn2C)CCCC(C)C1. The highest BCUT2D eigenvalue weighted by molar-refractivity contribution is 6.31. The first-order valence-corrected chi connectivity index (χ1v) is 7.37. The van der Waals surface area contributed by atoms with Gasteiger partial charge in [0.2, 0.25) is 0 Å². The van der Waals surface area contributed by atoms with Crippen LogP contribution in [0.1, 0.15) is 51.3 Å². The normalized spacial score (nSPS) is 29.4. The summed E-state index contributed by atoms with van der Waals surface area (Å²) in [5.74, 6) is 0.557. The van der Waals surface area contributed by atoms with Crippen LogP contribution in [0.25, 0.3) is 0 Å². The van der Waals surface area contributed by atoms with Crippen LogP contribution in [0.5, 0.6) is 0 Å². The van der Waals surface area contributed by atoms with Gasteiger partial charge in [-0.1, -0.05) is 31.4 Å². The maximum Gasteiger partial charge on any atom is 0.126 e. The van der Waals surface area contributed by atoms with Gasteiger partial charge in [-0.05, 0) is 25.7 Å². The molecule has 3 atom stereocenters. The van der Waals surface area contributed by atoms with E-state index in [0.29, 0.717) is 23.2 Å². The maximum absolute atomic E-state index is 10.8. The van der Waals surface area contributed by atoms with Gasteiger partial charge in [0.25, 0.3) is 0 Å². The quantitative estimate of drug-likeness (QED) is 0.925. The molecule has 1 N–H and O–H groups in total. The molecule has 1 aromatic heterocycles. The van der Waals surface area contributed by atoms with Crippen LogP contribution >= 0.6 is 11.6 Å². The van der Waals surface area contributed by atoms with Crippen molar-refractivity contribution < 1.29 is 9.84 Å². The lowest BCUT2D eigenvalue weighted by Gasteiger charge is -2.43. The Balaban J connectivity index is 2.33. The van der Waals surface area contributed by atoms with Crippen LogP contribution in [0.2, 0.25) is 5.02 Å². The second-order valence-corrected chi connectivity index (χ2v) is 6.01. The number of aliphatic hydroxyl groups excluding tert-OH is 1. The molecule has 3 unspecified atom stereocenters. The summed E-state index contributed by atoms with van der Waals surface area (Å²) in [5, 5.41) is 15.4. The van der Waals surface area contributed by atoms with Crippen molar-refractivity contribution >= 4 is 11.6 Å². The molecule has 0 saturated heterocycles. The van der Waals surface area contributed by atoms with Crippen molar-refractivity contribution in [1.82, 2.24) is 9.78 Å². The number of aromatic nitrogens is 2. The van der Waals surface area contributed by atoms with Gasteiger partial charge in [0.15, 0.2) is 0 Å². The van der Waals surface area contributed by atoms with Crippen LogP contribution in [0.15, 0.2) is 6.20 Å². The van der Waals surface area contributed by atoms with Gasteiger partial charge in [0, 0.05) is 13.7 Å². The molecular weight excluding hydrogens is 264 g/mol. The minimum Gasteiger partial charge on any atom is -0.384 e. The first-order valence-electron chi connectivity index (χ1n) is 6.99. The fourth-order valence-corrected chi connectivity index (χ4v) is 3.54. The predicted molar refractivity (Wildman–Crippen MR) is 75.2 cm³/mol. The number of rotatable bonds is 4. The molecule has 1 fully saturated rings. The minimum absolute atomic E-state index is 0.507. The number of aliphatic hydroxyl groups is 1. The third-order valence-electron chi connectivity index (χ3n) is 4.12. The van der Waals surface area contributed by atoms with Gasteiger partial charge >= 0.3 is 0 Å². The van der Waals surface area contributed by atoms with Crippen molar-refractivity contribution in [3.8, 4) is 0 Å². The zero-order chi connectivity index (χ0) is 14.0.